The Morgan fingerprint density at radius 1 is 0.293 bits per heavy atom. The van der Waals surface area contributed by atoms with E-state index in [-0.39, 0.29) is 0 Å². The van der Waals surface area contributed by atoms with Gasteiger partial charge in [-0.15, -0.1) is 0 Å². The first-order valence-electron chi connectivity index (χ1n) is 14.1. The number of para-hydroxylation sites is 1. The smallest absolute Gasteiger partial charge is 0.0468 e. The molecule has 0 aromatic heterocycles. The maximum atomic E-state index is 2.35. The lowest BCUT2D eigenvalue weighted by Crippen LogP contribution is -2.09. The maximum Gasteiger partial charge on any atom is 0.0468 e. The molecule has 0 atom stereocenters. The summed E-state index contributed by atoms with van der Waals surface area (Å²) in [6.07, 6.45) is 0. The van der Waals surface area contributed by atoms with Gasteiger partial charge in [0.25, 0.3) is 0 Å². The van der Waals surface area contributed by atoms with Crippen LogP contribution in [0.15, 0.2) is 164 Å². The minimum atomic E-state index is 1.13. The Balaban J connectivity index is 1.28. The molecule has 0 radical (unpaired) electrons. The van der Waals surface area contributed by atoms with Crippen molar-refractivity contribution in [2.75, 3.05) is 4.90 Å². The number of benzene rings is 8. The van der Waals surface area contributed by atoms with Crippen LogP contribution in [0.4, 0.5) is 17.1 Å². The standard InChI is InChI=1S/C40H27N/c1-2-12-32(13-3-1)41(34-25-22-29-19-18-28-10-4-6-14-35(28)40(29)27-34)33-23-20-30(21-24-33)39-26-31-11-5-7-15-36(31)37-16-8-9-17-38(37)39/h1-27H. The van der Waals surface area contributed by atoms with E-state index in [1.165, 1.54) is 54.2 Å². The molecule has 8 aromatic rings. The lowest BCUT2D eigenvalue weighted by Gasteiger charge is -2.26. The van der Waals surface area contributed by atoms with Crippen LogP contribution in [0.1, 0.15) is 0 Å². The molecule has 0 fully saturated rings. The molecule has 0 saturated carbocycles. The second kappa shape index (κ2) is 9.66. The monoisotopic (exact) mass is 521 g/mol. The van der Waals surface area contributed by atoms with Crippen LogP contribution < -0.4 is 4.90 Å². The summed E-state index contributed by atoms with van der Waals surface area (Å²) in [5.41, 5.74) is 5.88. The van der Waals surface area contributed by atoms with E-state index in [4.69, 9.17) is 0 Å². The number of hydrogen-bond acceptors (Lipinski definition) is 1. The third kappa shape index (κ3) is 4.02. The van der Waals surface area contributed by atoms with E-state index in [1.807, 2.05) is 0 Å². The normalized spacial score (nSPS) is 11.4. The molecule has 0 saturated heterocycles. The molecule has 0 unspecified atom stereocenters. The van der Waals surface area contributed by atoms with E-state index in [0.717, 1.165) is 17.1 Å². The molecule has 0 amide bonds. The van der Waals surface area contributed by atoms with Crippen LogP contribution in [0.3, 0.4) is 0 Å². The predicted octanol–water partition coefficient (Wildman–Crippen LogP) is 11.4. The highest BCUT2D eigenvalue weighted by molar-refractivity contribution is 6.14. The molecule has 1 heteroatoms. The average Bonchev–Trinajstić information content (AvgIpc) is 3.05. The number of fused-ring (bicyclic) bond motifs is 6. The van der Waals surface area contributed by atoms with Gasteiger partial charge >= 0.3 is 0 Å². The first-order valence-corrected chi connectivity index (χ1v) is 14.1. The number of hydrogen-bond donors (Lipinski definition) is 0. The highest BCUT2D eigenvalue weighted by Crippen LogP contribution is 2.40. The van der Waals surface area contributed by atoms with Gasteiger partial charge in [0, 0.05) is 17.1 Å². The Bertz CT molecular complexity index is 2190. The predicted molar refractivity (Wildman–Crippen MR) is 177 cm³/mol. The van der Waals surface area contributed by atoms with Crippen LogP contribution in [-0.2, 0) is 0 Å². The fourth-order valence-electron chi connectivity index (χ4n) is 6.24. The maximum absolute atomic E-state index is 2.35. The van der Waals surface area contributed by atoms with Crippen molar-refractivity contribution in [3.63, 3.8) is 0 Å². The van der Waals surface area contributed by atoms with Gasteiger partial charge in [0.05, 0.1) is 0 Å². The van der Waals surface area contributed by atoms with E-state index >= 15 is 0 Å². The van der Waals surface area contributed by atoms with Gasteiger partial charge < -0.3 is 4.90 Å². The largest absolute Gasteiger partial charge is 0.310 e. The molecule has 0 spiro atoms. The van der Waals surface area contributed by atoms with Crippen molar-refractivity contribution in [1.82, 2.24) is 0 Å². The summed E-state index contributed by atoms with van der Waals surface area (Å²) in [5.74, 6) is 0. The van der Waals surface area contributed by atoms with Gasteiger partial charge in [0.2, 0.25) is 0 Å². The summed E-state index contributed by atoms with van der Waals surface area (Å²) in [5, 5.41) is 10.2. The Morgan fingerprint density at radius 3 is 1.56 bits per heavy atom. The molecule has 8 aromatic carbocycles. The molecule has 0 heterocycles. The summed E-state index contributed by atoms with van der Waals surface area (Å²) >= 11 is 0. The van der Waals surface area contributed by atoms with Crippen molar-refractivity contribution in [3.05, 3.63) is 164 Å². The zero-order valence-corrected chi connectivity index (χ0v) is 22.5. The molecule has 41 heavy (non-hydrogen) atoms. The van der Waals surface area contributed by atoms with Crippen molar-refractivity contribution in [3.8, 4) is 11.1 Å². The molecule has 0 aliphatic heterocycles. The topological polar surface area (TPSA) is 3.24 Å². The van der Waals surface area contributed by atoms with Crippen LogP contribution in [0.25, 0.3) is 54.2 Å². The molecule has 192 valence electrons. The van der Waals surface area contributed by atoms with Crippen molar-refractivity contribution in [2.45, 2.75) is 0 Å². The first-order chi connectivity index (χ1) is 20.3. The number of nitrogens with zero attached hydrogens (tertiary/aromatic N) is 1. The van der Waals surface area contributed by atoms with Gasteiger partial charge in [0.15, 0.2) is 0 Å². The average molecular weight is 522 g/mol. The number of anilines is 3. The SMILES string of the molecule is c1ccc(N(c2ccc(-c3cc4ccccc4c4ccccc34)cc2)c2ccc3ccc4ccccc4c3c2)cc1. The molecule has 0 aliphatic carbocycles. The Labute approximate surface area is 239 Å². The first kappa shape index (κ1) is 23.5. The summed E-state index contributed by atoms with van der Waals surface area (Å²) in [6.45, 7) is 0. The minimum Gasteiger partial charge on any atom is -0.310 e. The lowest BCUT2D eigenvalue weighted by atomic mass is 9.93. The second-order valence-electron chi connectivity index (χ2n) is 10.6. The highest BCUT2D eigenvalue weighted by Gasteiger charge is 2.15. The van der Waals surface area contributed by atoms with Crippen LogP contribution in [0.5, 0.6) is 0 Å². The summed E-state index contributed by atoms with van der Waals surface area (Å²) in [6, 6.07) is 59.3. The summed E-state index contributed by atoms with van der Waals surface area (Å²) < 4.78 is 0. The van der Waals surface area contributed by atoms with Crippen molar-refractivity contribution in [1.29, 1.82) is 0 Å². The van der Waals surface area contributed by atoms with E-state index < -0.39 is 0 Å². The molecule has 0 bridgehead atoms. The van der Waals surface area contributed by atoms with Crippen molar-refractivity contribution >= 4 is 60.2 Å². The van der Waals surface area contributed by atoms with Crippen LogP contribution in [0.2, 0.25) is 0 Å². The Hall–Kier alpha value is -5.40. The van der Waals surface area contributed by atoms with Gasteiger partial charge in [-0.05, 0) is 96.7 Å². The molecular formula is C40H27N. The van der Waals surface area contributed by atoms with Crippen molar-refractivity contribution < 1.29 is 0 Å². The Kier molecular flexibility index (Phi) is 5.53. The third-order valence-corrected chi connectivity index (χ3v) is 8.21. The van der Waals surface area contributed by atoms with Crippen molar-refractivity contribution in [2.24, 2.45) is 0 Å². The van der Waals surface area contributed by atoms with Crippen LogP contribution in [-0.4, -0.2) is 0 Å². The fraction of sp³-hybridized carbons (Fsp3) is 0. The van der Waals surface area contributed by atoms with E-state index in [1.54, 1.807) is 0 Å². The minimum absolute atomic E-state index is 1.13. The molecule has 0 N–H and O–H groups in total. The van der Waals surface area contributed by atoms with Gasteiger partial charge in [-0.3, -0.25) is 0 Å². The van der Waals surface area contributed by atoms with E-state index in [2.05, 4.69) is 169 Å². The molecular weight excluding hydrogens is 494 g/mol. The zero-order chi connectivity index (χ0) is 27.2. The second-order valence-corrected chi connectivity index (χ2v) is 10.6. The quantitative estimate of drug-likeness (QED) is 0.208. The number of rotatable bonds is 4. The van der Waals surface area contributed by atoms with Gasteiger partial charge in [-0.1, -0.05) is 121 Å². The lowest BCUT2D eigenvalue weighted by molar-refractivity contribution is 1.29. The summed E-state index contributed by atoms with van der Waals surface area (Å²) in [7, 11) is 0. The van der Waals surface area contributed by atoms with Crippen LogP contribution in [0, 0.1) is 0 Å². The molecule has 1 nitrogen and oxygen atoms in total. The highest BCUT2D eigenvalue weighted by atomic mass is 15.1. The third-order valence-electron chi connectivity index (χ3n) is 8.21. The van der Waals surface area contributed by atoms with Gasteiger partial charge in [0.1, 0.15) is 0 Å². The van der Waals surface area contributed by atoms with Gasteiger partial charge in [-0.25, -0.2) is 0 Å². The van der Waals surface area contributed by atoms with E-state index in [9.17, 15) is 0 Å². The van der Waals surface area contributed by atoms with Crippen LogP contribution >= 0.6 is 0 Å². The molecule has 8 rings (SSSR count). The zero-order valence-electron chi connectivity index (χ0n) is 22.5. The fourth-order valence-corrected chi connectivity index (χ4v) is 6.24. The Morgan fingerprint density at radius 2 is 0.805 bits per heavy atom. The summed E-state index contributed by atoms with van der Waals surface area (Å²) in [4.78, 5) is 2.35. The van der Waals surface area contributed by atoms with E-state index in [0.29, 0.717) is 0 Å². The molecule has 0 aliphatic rings. The van der Waals surface area contributed by atoms with Gasteiger partial charge in [-0.2, -0.15) is 0 Å².